The molecule has 2 N–H and O–H groups in total. The monoisotopic (exact) mass is 444 g/mol. The van der Waals surface area contributed by atoms with Crippen LogP contribution in [0.2, 0.25) is 0 Å². The fourth-order valence-electron chi connectivity index (χ4n) is 3.63. The van der Waals surface area contributed by atoms with Crippen molar-refractivity contribution in [1.82, 2.24) is 9.47 Å². The summed E-state index contributed by atoms with van der Waals surface area (Å²) in [6.07, 6.45) is -7.82. The minimum absolute atomic E-state index is 0.0899. The largest absolute Gasteiger partial charge is 0.416 e. The molecule has 11 heteroatoms. The molecule has 1 saturated heterocycles. The van der Waals surface area contributed by atoms with E-state index in [0.29, 0.717) is 12.1 Å². The van der Waals surface area contributed by atoms with E-state index in [2.05, 4.69) is 0 Å². The smallest absolute Gasteiger partial charge is 0.336 e. The first-order valence-corrected chi connectivity index (χ1v) is 9.28. The first-order valence-electron chi connectivity index (χ1n) is 9.28. The van der Waals surface area contributed by atoms with E-state index in [1.54, 1.807) is 0 Å². The Balaban J connectivity index is 1.72. The molecule has 3 rings (SSSR count). The van der Waals surface area contributed by atoms with Gasteiger partial charge in [-0.15, -0.1) is 0 Å². The van der Waals surface area contributed by atoms with Gasteiger partial charge in [0.1, 0.15) is 5.49 Å². The average Bonchev–Trinajstić information content (AvgIpc) is 2.71. The van der Waals surface area contributed by atoms with Gasteiger partial charge >= 0.3 is 12.4 Å². The summed E-state index contributed by atoms with van der Waals surface area (Å²) in [6.45, 7) is 0.180. The summed E-state index contributed by atoms with van der Waals surface area (Å²) in [7, 11) is 0. The van der Waals surface area contributed by atoms with E-state index in [1.165, 1.54) is 23.1 Å². The van der Waals surface area contributed by atoms with E-state index in [0.717, 1.165) is 16.8 Å². The number of carbonyl (C=O) groups is 1. The summed E-state index contributed by atoms with van der Waals surface area (Å²) in [6, 6.07) is 6.44. The van der Waals surface area contributed by atoms with Crippen LogP contribution in [0.1, 0.15) is 35.4 Å². The van der Waals surface area contributed by atoms with Crippen LogP contribution >= 0.6 is 0 Å². The number of aromatic nitrogens is 1. The van der Waals surface area contributed by atoms with Gasteiger partial charge in [0.05, 0.1) is 11.1 Å². The second-order valence-corrected chi connectivity index (χ2v) is 7.17. The number of hydrogen-bond donors (Lipinski definition) is 2. The third-order valence-corrected chi connectivity index (χ3v) is 5.21. The molecule has 1 amide bonds. The van der Waals surface area contributed by atoms with Gasteiger partial charge in [0, 0.05) is 19.3 Å². The molecule has 0 bridgehead atoms. The van der Waals surface area contributed by atoms with Gasteiger partial charge in [0.25, 0.3) is 5.91 Å². The van der Waals surface area contributed by atoms with Crippen LogP contribution in [0.5, 0.6) is 0 Å². The van der Waals surface area contributed by atoms with Crippen LogP contribution in [0, 0.1) is 10.8 Å². The molecule has 0 spiro atoms. The normalized spacial score (nSPS) is 15.7. The summed E-state index contributed by atoms with van der Waals surface area (Å²) >= 11 is 0. The van der Waals surface area contributed by atoms with Gasteiger partial charge in [0.2, 0.25) is 0 Å². The van der Waals surface area contributed by atoms with E-state index < -0.39 is 46.6 Å². The van der Waals surface area contributed by atoms with Crippen LogP contribution in [0.15, 0.2) is 42.6 Å². The first kappa shape index (κ1) is 22.6. The van der Waals surface area contributed by atoms with Crippen molar-refractivity contribution in [2.24, 2.45) is 0 Å². The number of hydrogen-bond acceptors (Lipinski definition) is 3. The van der Waals surface area contributed by atoms with Crippen LogP contribution in [0.4, 0.5) is 26.3 Å². The van der Waals surface area contributed by atoms with Crippen LogP contribution in [-0.4, -0.2) is 34.3 Å². The van der Waals surface area contributed by atoms with Crippen molar-refractivity contribution in [2.45, 2.75) is 31.1 Å². The predicted molar refractivity (Wildman–Crippen MR) is 98.4 cm³/mol. The number of rotatable bonds is 1. The van der Waals surface area contributed by atoms with Gasteiger partial charge in [-0.05, 0) is 42.5 Å². The molecule has 31 heavy (non-hydrogen) atoms. The van der Waals surface area contributed by atoms with Crippen molar-refractivity contribution in [3.8, 4) is 0 Å². The fraction of sp³-hybridized carbons (Fsp3) is 0.350. The molecule has 1 fully saturated rings. The molecular formula is C20H18F6N4O. The molecule has 1 aliphatic rings. The first-order chi connectivity index (χ1) is 14.4. The third kappa shape index (κ3) is 4.80. The molecule has 0 unspecified atom stereocenters. The Morgan fingerprint density at radius 3 is 2.13 bits per heavy atom. The standard InChI is InChI=1S/C20H18F6N4O/c21-19(22,23)13-7-10-30(16(27)11-13)17(28)18(31)29-8-5-12(6-9-29)14-3-1-2-4-15(14)20(24,25)26/h1-4,7,10-12,27-28H,5-6,8-9H2. The summed E-state index contributed by atoms with van der Waals surface area (Å²) in [5.41, 5.74) is -2.31. The van der Waals surface area contributed by atoms with E-state index in [9.17, 15) is 31.1 Å². The second-order valence-electron chi connectivity index (χ2n) is 7.17. The summed E-state index contributed by atoms with van der Waals surface area (Å²) in [5.74, 6) is -1.92. The van der Waals surface area contributed by atoms with Crippen molar-refractivity contribution in [1.29, 1.82) is 10.8 Å². The van der Waals surface area contributed by atoms with Crippen molar-refractivity contribution in [2.75, 3.05) is 13.1 Å². The van der Waals surface area contributed by atoms with Gasteiger partial charge in [-0.25, -0.2) is 0 Å². The van der Waals surface area contributed by atoms with Gasteiger partial charge in [-0.1, -0.05) is 18.2 Å². The highest BCUT2D eigenvalue weighted by molar-refractivity contribution is 6.37. The second kappa shape index (κ2) is 8.20. The predicted octanol–water partition coefficient (Wildman–Crippen LogP) is 4.24. The van der Waals surface area contributed by atoms with Gasteiger partial charge in [0.15, 0.2) is 5.84 Å². The fourth-order valence-corrected chi connectivity index (χ4v) is 3.63. The maximum atomic E-state index is 13.3. The zero-order chi connectivity index (χ0) is 23.0. The van der Waals surface area contributed by atoms with Gasteiger partial charge in [-0.3, -0.25) is 20.2 Å². The maximum absolute atomic E-state index is 13.3. The number of pyridine rings is 1. The Morgan fingerprint density at radius 2 is 1.58 bits per heavy atom. The molecule has 0 aliphatic carbocycles. The lowest BCUT2D eigenvalue weighted by Gasteiger charge is -2.33. The topological polar surface area (TPSA) is 72.9 Å². The highest BCUT2D eigenvalue weighted by atomic mass is 19.4. The summed E-state index contributed by atoms with van der Waals surface area (Å²) < 4.78 is 78.7. The average molecular weight is 444 g/mol. The van der Waals surface area contributed by atoms with Crippen molar-refractivity contribution >= 4 is 11.7 Å². The van der Waals surface area contributed by atoms with Crippen molar-refractivity contribution < 1.29 is 31.1 Å². The van der Waals surface area contributed by atoms with Crippen molar-refractivity contribution in [3.63, 3.8) is 0 Å². The molecule has 1 aromatic heterocycles. The molecule has 2 heterocycles. The molecule has 5 nitrogen and oxygen atoms in total. The number of benzene rings is 1. The molecule has 1 aromatic carbocycles. The van der Waals surface area contributed by atoms with E-state index in [1.807, 2.05) is 0 Å². The number of halogens is 6. The highest BCUT2D eigenvalue weighted by Gasteiger charge is 2.36. The quantitative estimate of drug-likeness (QED) is 0.386. The zero-order valence-corrected chi connectivity index (χ0v) is 16.0. The summed E-state index contributed by atoms with van der Waals surface area (Å²) in [5, 5.41) is 15.7. The molecule has 0 atom stereocenters. The zero-order valence-electron chi connectivity index (χ0n) is 16.0. The number of nitrogens with one attached hydrogen (secondary N) is 2. The lowest BCUT2D eigenvalue weighted by atomic mass is 9.86. The Hall–Kier alpha value is -3.11. The minimum atomic E-state index is -4.66. The number of piperidine rings is 1. The van der Waals surface area contributed by atoms with Crippen LogP contribution in [0.3, 0.4) is 0 Å². The van der Waals surface area contributed by atoms with E-state index in [-0.39, 0.29) is 31.5 Å². The Kier molecular flexibility index (Phi) is 5.97. The Morgan fingerprint density at radius 1 is 0.968 bits per heavy atom. The Bertz CT molecular complexity index is 1050. The molecular weight excluding hydrogens is 426 g/mol. The number of amides is 1. The molecule has 1 aliphatic heterocycles. The number of nitrogens with zero attached hydrogens (tertiary/aromatic N) is 2. The SMILES string of the molecule is N=C(C(=O)N1CCC(c2ccccc2C(F)(F)F)CC1)n1ccc(C(F)(F)F)cc1=N. The van der Waals surface area contributed by atoms with Crippen molar-refractivity contribution in [3.05, 3.63) is 64.8 Å². The Labute approximate surface area is 172 Å². The molecule has 0 saturated carbocycles. The molecule has 166 valence electrons. The summed E-state index contributed by atoms with van der Waals surface area (Å²) in [4.78, 5) is 13.9. The highest BCUT2D eigenvalue weighted by Crippen LogP contribution is 2.38. The number of alkyl halides is 6. The van der Waals surface area contributed by atoms with E-state index in [4.69, 9.17) is 10.8 Å². The minimum Gasteiger partial charge on any atom is -0.336 e. The number of likely N-dealkylation sites (tertiary alicyclic amines) is 1. The van der Waals surface area contributed by atoms with Crippen LogP contribution in [0.25, 0.3) is 0 Å². The van der Waals surface area contributed by atoms with Gasteiger partial charge in [-0.2, -0.15) is 26.3 Å². The van der Waals surface area contributed by atoms with E-state index >= 15 is 0 Å². The third-order valence-electron chi connectivity index (χ3n) is 5.21. The molecule has 2 aromatic rings. The lowest BCUT2D eigenvalue weighted by Crippen LogP contribution is -2.45. The van der Waals surface area contributed by atoms with Crippen LogP contribution < -0.4 is 5.49 Å². The molecule has 0 radical (unpaired) electrons. The van der Waals surface area contributed by atoms with Crippen LogP contribution in [-0.2, 0) is 17.1 Å². The van der Waals surface area contributed by atoms with Gasteiger partial charge < -0.3 is 4.90 Å². The number of carbonyl (C=O) groups excluding carboxylic acids is 1. The maximum Gasteiger partial charge on any atom is 0.416 e. The lowest BCUT2D eigenvalue weighted by molar-refractivity contribution is -0.139.